The minimum Gasteiger partial charge on any atom is -0.465 e. The van der Waals surface area contributed by atoms with Crippen molar-refractivity contribution >= 4 is 11.9 Å². The van der Waals surface area contributed by atoms with Gasteiger partial charge < -0.3 is 9.47 Å². The van der Waals surface area contributed by atoms with E-state index in [1.165, 1.54) is 19.3 Å². The average Bonchev–Trinajstić information content (AvgIpc) is 2.43. The fourth-order valence-electron chi connectivity index (χ4n) is 1.30. The highest BCUT2D eigenvalue weighted by molar-refractivity contribution is 5.92. The summed E-state index contributed by atoms with van der Waals surface area (Å²) in [4.78, 5) is 22.5. The summed E-state index contributed by atoms with van der Waals surface area (Å²) in [5.41, 5.74) is 0.935. The molecule has 98 valence electrons. The Bertz CT molecular complexity index is 547. The second-order valence-electron chi connectivity index (χ2n) is 3.39. The molecule has 0 atom stereocenters. The molecule has 0 saturated carbocycles. The number of esters is 2. The number of carbonyl (C=O) groups excluding carboxylic acids is 2. The molecular formula is C15H14O4. The first-order chi connectivity index (χ1) is 9.19. The topological polar surface area (TPSA) is 52.6 Å². The van der Waals surface area contributed by atoms with Gasteiger partial charge in [0.2, 0.25) is 0 Å². The molecule has 4 heteroatoms. The first-order valence-electron chi connectivity index (χ1n) is 5.71. The normalized spacial score (nSPS) is 9.58. The van der Waals surface area contributed by atoms with E-state index in [0.29, 0.717) is 17.7 Å². The van der Waals surface area contributed by atoms with E-state index in [9.17, 15) is 9.59 Å². The van der Waals surface area contributed by atoms with Crippen LogP contribution in [0.3, 0.4) is 0 Å². The minimum atomic E-state index is -0.446. The van der Waals surface area contributed by atoms with Crippen molar-refractivity contribution < 1.29 is 19.1 Å². The van der Waals surface area contributed by atoms with Crippen LogP contribution >= 0.6 is 0 Å². The summed E-state index contributed by atoms with van der Waals surface area (Å²) >= 11 is 0. The van der Waals surface area contributed by atoms with Crippen LogP contribution in [0.2, 0.25) is 0 Å². The van der Waals surface area contributed by atoms with Crippen LogP contribution in [0.4, 0.5) is 0 Å². The SMILES string of the molecule is CCOC(=O)/C=C/C#Cc1ccccc1C(=O)OC. The summed E-state index contributed by atoms with van der Waals surface area (Å²) in [6.07, 6.45) is 2.61. The van der Waals surface area contributed by atoms with Crippen LogP contribution in [0, 0.1) is 11.8 Å². The number of hydrogen-bond acceptors (Lipinski definition) is 4. The molecule has 0 heterocycles. The van der Waals surface area contributed by atoms with Gasteiger partial charge in [0, 0.05) is 11.6 Å². The highest BCUT2D eigenvalue weighted by Gasteiger charge is 2.08. The van der Waals surface area contributed by atoms with Gasteiger partial charge in [-0.1, -0.05) is 24.0 Å². The number of hydrogen-bond donors (Lipinski definition) is 0. The van der Waals surface area contributed by atoms with Gasteiger partial charge in [0.1, 0.15) is 0 Å². The lowest BCUT2D eigenvalue weighted by Gasteiger charge is -2.00. The van der Waals surface area contributed by atoms with Crippen molar-refractivity contribution in [3.8, 4) is 11.8 Å². The Labute approximate surface area is 112 Å². The third-order valence-electron chi connectivity index (χ3n) is 2.13. The van der Waals surface area contributed by atoms with Gasteiger partial charge in [0.15, 0.2) is 0 Å². The number of allylic oxidation sites excluding steroid dienone is 1. The van der Waals surface area contributed by atoms with E-state index in [1.807, 2.05) is 0 Å². The molecule has 0 spiro atoms. The Hall–Kier alpha value is -2.54. The fourth-order valence-corrected chi connectivity index (χ4v) is 1.30. The quantitative estimate of drug-likeness (QED) is 0.472. The molecule has 1 aromatic carbocycles. The van der Waals surface area contributed by atoms with Gasteiger partial charge in [-0.15, -0.1) is 0 Å². The third-order valence-corrected chi connectivity index (χ3v) is 2.13. The highest BCUT2D eigenvalue weighted by Crippen LogP contribution is 2.08. The van der Waals surface area contributed by atoms with Crippen molar-refractivity contribution in [2.45, 2.75) is 6.92 Å². The number of methoxy groups -OCH3 is 1. The maximum absolute atomic E-state index is 11.5. The van der Waals surface area contributed by atoms with Crippen molar-refractivity contribution in [3.05, 3.63) is 47.5 Å². The molecule has 0 aliphatic carbocycles. The second-order valence-corrected chi connectivity index (χ2v) is 3.39. The van der Waals surface area contributed by atoms with Gasteiger partial charge in [0.05, 0.1) is 19.3 Å². The van der Waals surface area contributed by atoms with Gasteiger partial charge in [-0.05, 0) is 25.1 Å². The molecule has 0 amide bonds. The lowest BCUT2D eigenvalue weighted by molar-refractivity contribution is -0.137. The predicted molar refractivity (Wildman–Crippen MR) is 70.4 cm³/mol. The zero-order chi connectivity index (χ0) is 14.1. The molecule has 1 rings (SSSR count). The predicted octanol–water partition coefficient (Wildman–Crippen LogP) is 1.94. The molecule has 0 aliphatic heterocycles. The van der Waals surface area contributed by atoms with Gasteiger partial charge >= 0.3 is 11.9 Å². The Morgan fingerprint density at radius 3 is 2.74 bits per heavy atom. The van der Waals surface area contributed by atoms with E-state index in [1.54, 1.807) is 31.2 Å². The van der Waals surface area contributed by atoms with E-state index >= 15 is 0 Å². The number of benzene rings is 1. The van der Waals surface area contributed by atoms with Crippen molar-refractivity contribution in [1.82, 2.24) is 0 Å². The maximum Gasteiger partial charge on any atom is 0.339 e. The summed E-state index contributed by atoms with van der Waals surface area (Å²) in [6.45, 7) is 2.05. The van der Waals surface area contributed by atoms with Crippen molar-refractivity contribution in [1.29, 1.82) is 0 Å². The summed E-state index contributed by atoms with van der Waals surface area (Å²) in [6, 6.07) is 6.83. The van der Waals surface area contributed by atoms with E-state index in [2.05, 4.69) is 16.6 Å². The lowest BCUT2D eigenvalue weighted by atomic mass is 10.1. The van der Waals surface area contributed by atoms with E-state index < -0.39 is 11.9 Å². The third kappa shape index (κ3) is 4.68. The summed E-state index contributed by atoms with van der Waals surface area (Å²) in [5, 5.41) is 0. The zero-order valence-electron chi connectivity index (χ0n) is 10.8. The first kappa shape index (κ1) is 14.5. The molecular weight excluding hydrogens is 244 g/mol. The molecule has 0 fully saturated rings. The highest BCUT2D eigenvalue weighted by atomic mass is 16.5. The smallest absolute Gasteiger partial charge is 0.339 e. The monoisotopic (exact) mass is 258 g/mol. The molecule has 0 aromatic heterocycles. The molecule has 19 heavy (non-hydrogen) atoms. The summed E-state index contributed by atoms with van der Waals surface area (Å²) in [7, 11) is 1.31. The van der Waals surface area contributed by atoms with Crippen molar-refractivity contribution in [3.63, 3.8) is 0 Å². The Balaban J connectivity index is 2.84. The van der Waals surface area contributed by atoms with E-state index in [-0.39, 0.29) is 0 Å². The van der Waals surface area contributed by atoms with E-state index in [0.717, 1.165) is 0 Å². The Kier molecular flexibility index (Phi) is 5.90. The number of rotatable bonds is 3. The van der Waals surface area contributed by atoms with Crippen LogP contribution in [0.15, 0.2) is 36.4 Å². The number of ether oxygens (including phenoxy) is 2. The standard InChI is InChI=1S/C15H14O4/c1-3-19-14(16)11-7-5-9-12-8-4-6-10-13(12)15(17)18-2/h4,6-8,10-11H,3H2,1-2H3/b11-7+. The maximum atomic E-state index is 11.5. The van der Waals surface area contributed by atoms with Gasteiger partial charge in [-0.3, -0.25) is 0 Å². The van der Waals surface area contributed by atoms with Crippen LogP contribution in [0.1, 0.15) is 22.8 Å². The zero-order valence-corrected chi connectivity index (χ0v) is 10.8. The number of carbonyl (C=O) groups is 2. The van der Waals surface area contributed by atoms with Crippen LogP contribution < -0.4 is 0 Å². The largest absolute Gasteiger partial charge is 0.465 e. The van der Waals surface area contributed by atoms with Gasteiger partial charge in [0.25, 0.3) is 0 Å². The fraction of sp³-hybridized carbons (Fsp3) is 0.200. The minimum absolute atomic E-state index is 0.321. The molecule has 4 nitrogen and oxygen atoms in total. The van der Waals surface area contributed by atoms with Crippen LogP contribution in [-0.4, -0.2) is 25.7 Å². The molecule has 0 saturated heterocycles. The Morgan fingerprint density at radius 1 is 1.32 bits per heavy atom. The van der Waals surface area contributed by atoms with Crippen molar-refractivity contribution in [2.24, 2.45) is 0 Å². The molecule has 1 aromatic rings. The van der Waals surface area contributed by atoms with Crippen molar-refractivity contribution in [2.75, 3.05) is 13.7 Å². The van der Waals surface area contributed by atoms with Crippen LogP contribution in [0.25, 0.3) is 0 Å². The van der Waals surface area contributed by atoms with E-state index in [4.69, 9.17) is 4.74 Å². The lowest BCUT2D eigenvalue weighted by Crippen LogP contribution is -2.03. The molecule has 0 radical (unpaired) electrons. The van der Waals surface area contributed by atoms with Crippen LogP contribution in [-0.2, 0) is 14.3 Å². The molecule has 0 bridgehead atoms. The summed E-state index contributed by atoms with van der Waals surface area (Å²) < 4.78 is 9.36. The second kappa shape index (κ2) is 7.72. The molecule has 0 aliphatic rings. The first-order valence-corrected chi connectivity index (χ1v) is 5.71. The summed E-state index contributed by atoms with van der Waals surface area (Å²) in [5.74, 6) is 4.56. The van der Waals surface area contributed by atoms with Gasteiger partial charge in [-0.25, -0.2) is 9.59 Å². The Morgan fingerprint density at radius 2 is 2.05 bits per heavy atom. The van der Waals surface area contributed by atoms with Crippen LogP contribution in [0.5, 0.6) is 0 Å². The molecule has 0 unspecified atom stereocenters. The van der Waals surface area contributed by atoms with Gasteiger partial charge in [-0.2, -0.15) is 0 Å². The average molecular weight is 258 g/mol. The molecule has 0 N–H and O–H groups in total.